The van der Waals surface area contributed by atoms with Gasteiger partial charge in [-0.3, -0.25) is 14.4 Å². The highest BCUT2D eigenvalue weighted by molar-refractivity contribution is 5.70. The Morgan fingerprint density at radius 3 is 0.667 bits per heavy atom. The number of aliphatic hydroxyl groups is 6. The largest absolute Gasteiger partial charge is 0.481 e. The van der Waals surface area contributed by atoms with Gasteiger partial charge in [0, 0.05) is 10.8 Å². The molecule has 12 heteroatoms. The van der Waals surface area contributed by atoms with Crippen molar-refractivity contribution >= 4 is 17.9 Å². The number of hydrogen-bond acceptors (Lipinski definition) is 9. The predicted molar refractivity (Wildman–Crippen MR) is 191 cm³/mol. The Balaban J connectivity index is -0.000000161. The molecular weight excluding hydrogens is 624 g/mol. The van der Waals surface area contributed by atoms with E-state index >= 15 is 0 Å². The molecule has 0 heterocycles. The molecule has 9 N–H and O–H groups in total. The summed E-state index contributed by atoms with van der Waals surface area (Å²) in [5.74, 6) is -2.26. The Labute approximate surface area is 291 Å². The fourth-order valence-electron chi connectivity index (χ4n) is 3.83. The van der Waals surface area contributed by atoms with Crippen LogP contribution in [-0.4, -0.2) is 104 Å². The summed E-state index contributed by atoms with van der Waals surface area (Å²) in [5.41, 5.74) is -1.33. The number of aliphatic carboxylic acids is 3. The average Bonchev–Trinajstić information content (AvgIpc) is 3.09. The number of carboxylic acid groups (broad SMARTS) is 3. The normalized spacial score (nSPS) is 12.6. The van der Waals surface area contributed by atoms with Crippen LogP contribution in [0.1, 0.15) is 145 Å². The van der Waals surface area contributed by atoms with Gasteiger partial charge < -0.3 is 46.0 Å². The minimum atomic E-state index is -0.667. The van der Waals surface area contributed by atoms with Crippen molar-refractivity contribution in [3.05, 3.63) is 0 Å². The lowest BCUT2D eigenvalue weighted by Gasteiger charge is -2.24. The third-order valence-corrected chi connectivity index (χ3v) is 8.76. The van der Waals surface area contributed by atoms with Crippen LogP contribution in [-0.2, 0) is 14.4 Å². The molecule has 0 aliphatic rings. The predicted octanol–water partition coefficient (Wildman–Crippen LogP) is 5.58. The van der Waals surface area contributed by atoms with Crippen LogP contribution in [0.4, 0.5) is 0 Å². The molecule has 0 aliphatic heterocycles. The highest BCUT2D eigenvalue weighted by atomic mass is 16.4. The zero-order chi connectivity index (χ0) is 38.6. The zero-order valence-electron chi connectivity index (χ0n) is 31.6. The summed E-state index contributed by atoms with van der Waals surface area (Å²) in [6, 6.07) is 0. The van der Waals surface area contributed by atoms with Crippen LogP contribution in [0.2, 0.25) is 0 Å². The van der Waals surface area contributed by atoms with E-state index in [2.05, 4.69) is 20.8 Å². The van der Waals surface area contributed by atoms with Crippen molar-refractivity contribution in [1.82, 2.24) is 0 Å². The van der Waals surface area contributed by atoms with Crippen LogP contribution in [0.5, 0.6) is 0 Å². The van der Waals surface area contributed by atoms with Crippen molar-refractivity contribution in [1.29, 1.82) is 0 Å². The van der Waals surface area contributed by atoms with Gasteiger partial charge in [-0.15, -0.1) is 0 Å². The molecule has 0 saturated heterocycles. The van der Waals surface area contributed by atoms with Gasteiger partial charge in [0.15, 0.2) is 0 Å². The first-order valence-electron chi connectivity index (χ1n) is 18.0. The molecule has 0 aromatic carbocycles. The number of rotatable bonds is 23. The van der Waals surface area contributed by atoms with E-state index in [1.165, 1.54) is 0 Å². The molecule has 48 heavy (non-hydrogen) atoms. The summed E-state index contributed by atoms with van der Waals surface area (Å²) in [4.78, 5) is 31.3. The first-order chi connectivity index (χ1) is 22.6. The third kappa shape index (κ3) is 30.2. The lowest BCUT2D eigenvalue weighted by Crippen LogP contribution is -2.32. The molecule has 0 saturated carbocycles. The molecule has 0 radical (unpaired) electrons. The van der Waals surface area contributed by atoms with Gasteiger partial charge in [-0.25, -0.2) is 0 Å². The van der Waals surface area contributed by atoms with Crippen LogP contribution in [0, 0.1) is 28.6 Å². The lowest BCUT2D eigenvalue weighted by molar-refractivity contribution is -0.143. The minimum absolute atomic E-state index is 0.111. The van der Waals surface area contributed by atoms with Gasteiger partial charge in [-0.05, 0) is 51.4 Å². The summed E-state index contributed by atoms with van der Waals surface area (Å²) in [6.07, 6.45) is 12.3. The quantitative estimate of drug-likeness (QED) is 0.0635. The first kappa shape index (κ1) is 55.6. The van der Waals surface area contributed by atoms with Crippen LogP contribution in [0.3, 0.4) is 0 Å². The second kappa shape index (κ2) is 38.0. The number of carbonyl (C=O) groups is 3. The van der Waals surface area contributed by atoms with E-state index in [9.17, 15) is 14.4 Å². The molecule has 0 rings (SSSR count). The highest BCUT2D eigenvalue weighted by Crippen LogP contribution is 2.19. The summed E-state index contributed by atoms with van der Waals surface area (Å²) in [6.45, 7) is 14.7. The van der Waals surface area contributed by atoms with E-state index in [4.69, 9.17) is 46.0 Å². The second-order valence-electron chi connectivity index (χ2n) is 12.4. The molecule has 0 spiro atoms. The Kier molecular flexibility index (Phi) is 44.0. The van der Waals surface area contributed by atoms with Gasteiger partial charge in [-0.1, -0.05) is 93.9 Å². The Bertz CT molecular complexity index is 592. The van der Waals surface area contributed by atoms with Crippen LogP contribution < -0.4 is 0 Å². The van der Waals surface area contributed by atoms with Gasteiger partial charge in [0.1, 0.15) is 0 Å². The van der Waals surface area contributed by atoms with Crippen LogP contribution in [0.15, 0.2) is 0 Å². The average molecular weight is 701 g/mol. The van der Waals surface area contributed by atoms with Crippen molar-refractivity contribution in [3.63, 3.8) is 0 Å². The van der Waals surface area contributed by atoms with Crippen molar-refractivity contribution in [2.24, 2.45) is 28.6 Å². The minimum Gasteiger partial charge on any atom is -0.481 e. The van der Waals surface area contributed by atoms with Gasteiger partial charge in [-0.2, -0.15) is 0 Å². The third-order valence-electron chi connectivity index (χ3n) is 8.76. The van der Waals surface area contributed by atoms with Gasteiger partial charge in [0.2, 0.25) is 0 Å². The number of unbranched alkanes of at least 4 members (excludes halogenated alkanes) is 3. The fraction of sp³-hybridized carbons (Fsp3) is 0.917. The molecule has 0 aliphatic carbocycles. The van der Waals surface area contributed by atoms with Gasteiger partial charge in [0.05, 0.1) is 57.4 Å². The number of carboxylic acids is 3. The summed E-state index contributed by atoms with van der Waals surface area (Å²) >= 11 is 0. The molecule has 0 amide bonds. The van der Waals surface area contributed by atoms with E-state index in [1.54, 1.807) is 0 Å². The topological polar surface area (TPSA) is 233 Å². The van der Waals surface area contributed by atoms with Crippen molar-refractivity contribution < 1.29 is 60.3 Å². The van der Waals surface area contributed by atoms with E-state index in [1.807, 2.05) is 34.6 Å². The molecule has 0 bridgehead atoms. The first-order valence-corrected chi connectivity index (χ1v) is 18.0. The molecule has 3 atom stereocenters. The smallest absolute Gasteiger partial charge is 0.306 e. The summed E-state index contributed by atoms with van der Waals surface area (Å²) < 4.78 is 0. The standard InChI is InChI=1S/3C8H16O2.2C6H14O3/c3*1-3-5-6-7(4-2)8(9)10;2*1-2-6(3-7,4-8)5-9/h3*7H,3-6H2,1-2H3,(H,9,10);2*7-9H,2-5H2,1H3. The maximum atomic E-state index is 10.4. The van der Waals surface area contributed by atoms with Crippen LogP contribution >= 0.6 is 0 Å². The maximum absolute atomic E-state index is 10.4. The van der Waals surface area contributed by atoms with E-state index in [0.717, 1.165) is 77.0 Å². The Morgan fingerprint density at radius 2 is 0.604 bits per heavy atom. The Hall–Kier alpha value is -1.83. The Morgan fingerprint density at radius 1 is 0.417 bits per heavy atom. The van der Waals surface area contributed by atoms with Gasteiger partial charge in [0.25, 0.3) is 0 Å². The monoisotopic (exact) mass is 701 g/mol. The molecular formula is C36H76O12. The van der Waals surface area contributed by atoms with Gasteiger partial charge >= 0.3 is 17.9 Å². The zero-order valence-corrected chi connectivity index (χ0v) is 31.6. The lowest BCUT2D eigenvalue weighted by atomic mass is 9.88. The molecule has 3 unspecified atom stereocenters. The molecule has 12 nitrogen and oxygen atoms in total. The summed E-state index contributed by atoms with van der Waals surface area (Å²) in [7, 11) is 0. The van der Waals surface area contributed by atoms with Crippen molar-refractivity contribution in [2.45, 2.75) is 145 Å². The fourth-order valence-corrected chi connectivity index (χ4v) is 3.83. The number of hydrogen-bond donors (Lipinski definition) is 9. The number of aliphatic hydroxyl groups excluding tert-OH is 6. The summed E-state index contributed by atoms with van der Waals surface area (Å²) in [5, 5.41) is 77.7. The van der Waals surface area contributed by atoms with Crippen molar-refractivity contribution in [3.8, 4) is 0 Å². The van der Waals surface area contributed by atoms with E-state index in [-0.39, 0.29) is 57.4 Å². The molecule has 0 aromatic rings. The van der Waals surface area contributed by atoms with Crippen LogP contribution in [0.25, 0.3) is 0 Å². The second-order valence-corrected chi connectivity index (χ2v) is 12.4. The SMILES string of the molecule is CCC(CO)(CO)CO.CCC(CO)(CO)CO.CCCCC(CC)C(=O)O.CCCCC(CC)C(=O)O.CCCCC(CC)C(=O)O. The molecule has 0 fully saturated rings. The molecule has 0 aromatic heterocycles. The maximum Gasteiger partial charge on any atom is 0.306 e. The highest BCUT2D eigenvalue weighted by Gasteiger charge is 2.25. The molecule has 292 valence electrons. The van der Waals surface area contributed by atoms with E-state index in [0.29, 0.717) is 12.8 Å². The van der Waals surface area contributed by atoms with Crippen molar-refractivity contribution in [2.75, 3.05) is 39.6 Å². The van der Waals surface area contributed by atoms with E-state index < -0.39 is 28.7 Å².